The van der Waals surface area contributed by atoms with E-state index in [1.54, 1.807) is 0 Å². The lowest BCUT2D eigenvalue weighted by Crippen LogP contribution is -2.53. The van der Waals surface area contributed by atoms with Gasteiger partial charge in [0.25, 0.3) is 0 Å². The van der Waals surface area contributed by atoms with E-state index >= 15 is 0 Å². The summed E-state index contributed by atoms with van der Waals surface area (Å²) in [6.45, 7) is 18.9. The molecule has 1 saturated heterocycles. The first-order chi connectivity index (χ1) is 15.0. The number of aromatic nitrogens is 2. The lowest BCUT2D eigenvalue weighted by atomic mass is 10.2. The smallest absolute Gasteiger partial charge is 0.191 e. The molecule has 1 aromatic heterocycles. The lowest BCUT2D eigenvalue weighted by Gasteiger charge is -2.37. The van der Waals surface area contributed by atoms with Crippen molar-refractivity contribution < 1.29 is 0 Å². The van der Waals surface area contributed by atoms with Gasteiger partial charge >= 0.3 is 0 Å². The number of likely N-dealkylation sites (N-methyl/N-ethyl adjacent to an activating group) is 1. The van der Waals surface area contributed by atoms with Gasteiger partial charge in [-0.05, 0) is 51.9 Å². The van der Waals surface area contributed by atoms with Crippen molar-refractivity contribution in [2.75, 3.05) is 45.8 Å². The Hall–Kier alpha value is -2.38. The molecule has 2 heterocycles. The summed E-state index contributed by atoms with van der Waals surface area (Å²) < 4.78 is 2.01. The molecule has 0 spiro atoms. The van der Waals surface area contributed by atoms with Gasteiger partial charge in [-0.3, -0.25) is 4.90 Å². The van der Waals surface area contributed by atoms with Gasteiger partial charge in [0.15, 0.2) is 5.96 Å². The molecule has 1 aromatic carbocycles. The fraction of sp³-hybridized carbons (Fsp3) is 0.583. The number of hydrogen-bond donors (Lipinski definition) is 2. The Kier molecular flexibility index (Phi) is 8.49. The zero-order valence-corrected chi connectivity index (χ0v) is 19.9. The van der Waals surface area contributed by atoms with Gasteiger partial charge in [0.2, 0.25) is 0 Å². The van der Waals surface area contributed by atoms with Crippen molar-refractivity contribution in [1.82, 2.24) is 30.2 Å². The van der Waals surface area contributed by atoms with Crippen molar-refractivity contribution in [3.63, 3.8) is 0 Å². The first-order valence-electron chi connectivity index (χ1n) is 11.6. The quantitative estimate of drug-likeness (QED) is 0.503. The van der Waals surface area contributed by atoms with Gasteiger partial charge in [0, 0.05) is 51.0 Å². The summed E-state index contributed by atoms with van der Waals surface area (Å²) in [6, 6.07) is 11.0. The highest BCUT2D eigenvalue weighted by Gasteiger charge is 2.20. The third-order valence-electron chi connectivity index (χ3n) is 6.02. The van der Waals surface area contributed by atoms with E-state index in [9.17, 15) is 0 Å². The molecular weight excluding hydrogens is 386 g/mol. The van der Waals surface area contributed by atoms with E-state index in [0.717, 1.165) is 74.4 Å². The minimum Gasteiger partial charge on any atom is -0.357 e. The topological polar surface area (TPSA) is 60.7 Å². The van der Waals surface area contributed by atoms with E-state index in [2.05, 4.69) is 83.6 Å². The molecule has 1 aliphatic heterocycles. The van der Waals surface area contributed by atoms with Gasteiger partial charge in [-0.15, -0.1) is 0 Å². The van der Waals surface area contributed by atoms with Crippen molar-refractivity contribution in [3.8, 4) is 5.69 Å². The molecule has 1 aliphatic rings. The van der Waals surface area contributed by atoms with E-state index in [4.69, 9.17) is 4.99 Å². The summed E-state index contributed by atoms with van der Waals surface area (Å²) in [4.78, 5) is 9.96. The van der Waals surface area contributed by atoms with Crippen LogP contribution in [0.25, 0.3) is 5.69 Å². The van der Waals surface area contributed by atoms with Crippen molar-refractivity contribution in [2.45, 2.75) is 47.2 Å². The molecule has 31 heavy (non-hydrogen) atoms. The summed E-state index contributed by atoms with van der Waals surface area (Å²) in [5.41, 5.74) is 4.42. The van der Waals surface area contributed by atoms with Crippen LogP contribution in [0, 0.1) is 13.8 Å². The maximum absolute atomic E-state index is 4.88. The molecule has 0 radical (unpaired) electrons. The van der Waals surface area contributed by atoms with Crippen LogP contribution in [0.1, 0.15) is 37.7 Å². The number of hydrogen-bond acceptors (Lipinski definition) is 4. The van der Waals surface area contributed by atoms with Crippen LogP contribution in [-0.4, -0.2) is 77.4 Å². The summed E-state index contributed by atoms with van der Waals surface area (Å²) in [5.74, 6) is 0.865. The van der Waals surface area contributed by atoms with Gasteiger partial charge in [0.05, 0.1) is 17.9 Å². The zero-order chi connectivity index (χ0) is 22.2. The maximum atomic E-state index is 4.88. The fourth-order valence-corrected chi connectivity index (χ4v) is 4.12. The Labute approximate surface area is 187 Å². The Bertz CT molecular complexity index is 849. The van der Waals surface area contributed by atoms with Crippen LogP contribution in [0.15, 0.2) is 35.3 Å². The van der Waals surface area contributed by atoms with Crippen LogP contribution in [-0.2, 0) is 6.54 Å². The van der Waals surface area contributed by atoms with Crippen LogP contribution in [0.5, 0.6) is 0 Å². The summed E-state index contributed by atoms with van der Waals surface area (Å²) in [6.07, 6.45) is 0. The number of para-hydroxylation sites is 1. The Morgan fingerprint density at radius 1 is 1.10 bits per heavy atom. The average molecular weight is 426 g/mol. The van der Waals surface area contributed by atoms with Crippen LogP contribution in [0.3, 0.4) is 0 Å². The summed E-state index contributed by atoms with van der Waals surface area (Å²) >= 11 is 0. The molecular formula is C24H39N7. The monoisotopic (exact) mass is 425 g/mol. The minimum absolute atomic E-state index is 0.477. The normalized spacial score (nSPS) is 17.0. The Morgan fingerprint density at radius 2 is 1.84 bits per heavy atom. The highest BCUT2D eigenvalue weighted by molar-refractivity contribution is 5.79. The average Bonchev–Trinajstić information content (AvgIpc) is 3.13. The van der Waals surface area contributed by atoms with E-state index in [1.165, 1.54) is 0 Å². The predicted molar refractivity (Wildman–Crippen MR) is 129 cm³/mol. The molecule has 1 unspecified atom stereocenters. The molecule has 7 heteroatoms. The molecule has 1 fully saturated rings. The Balaban J connectivity index is 1.63. The molecule has 1 atom stereocenters. The van der Waals surface area contributed by atoms with Gasteiger partial charge in [-0.1, -0.05) is 25.1 Å². The van der Waals surface area contributed by atoms with Crippen molar-refractivity contribution in [1.29, 1.82) is 0 Å². The van der Waals surface area contributed by atoms with Gasteiger partial charge in [-0.2, -0.15) is 5.10 Å². The van der Waals surface area contributed by atoms with E-state index in [-0.39, 0.29) is 0 Å². The molecule has 0 saturated carbocycles. The van der Waals surface area contributed by atoms with Gasteiger partial charge < -0.3 is 15.5 Å². The highest BCUT2D eigenvalue weighted by Crippen LogP contribution is 2.17. The largest absolute Gasteiger partial charge is 0.357 e. The number of nitrogens with one attached hydrogen (secondary N) is 2. The minimum atomic E-state index is 0.477. The lowest BCUT2D eigenvalue weighted by molar-refractivity contribution is 0.107. The summed E-state index contributed by atoms with van der Waals surface area (Å²) in [7, 11) is 0. The van der Waals surface area contributed by atoms with E-state index < -0.39 is 0 Å². The second-order valence-electron chi connectivity index (χ2n) is 8.36. The number of benzene rings is 1. The van der Waals surface area contributed by atoms with E-state index in [1.807, 2.05) is 11.6 Å². The number of piperazine rings is 1. The zero-order valence-electron chi connectivity index (χ0n) is 19.9. The van der Waals surface area contributed by atoms with Gasteiger partial charge in [0.1, 0.15) is 0 Å². The number of aryl methyl sites for hydroxylation is 2. The van der Waals surface area contributed by atoms with E-state index in [0.29, 0.717) is 12.6 Å². The van der Waals surface area contributed by atoms with Crippen molar-refractivity contribution >= 4 is 5.96 Å². The molecule has 0 aliphatic carbocycles. The second kappa shape index (κ2) is 11.3. The molecule has 0 bridgehead atoms. The number of nitrogens with zero attached hydrogens (tertiary/aromatic N) is 5. The van der Waals surface area contributed by atoms with Crippen LogP contribution in [0.4, 0.5) is 0 Å². The van der Waals surface area contributed by atoms with Crippen molar-refractivity contribution in [3.05, 3.63) is 47.3 Å². The molecule has 2 aromatic rings. The standard InChI is InChI=1S/C24H39N7/c1-6-25-24(26-17-21(5)30-14-12-29(7-2)13-15-30)27-18-22-10-8-9-11-23(22)31-20(4)16-19(3)28-31/h8-11,16,21H,6-7,12-15,17-18H2,1-5H3,(H2,25,26,27). The highest BCUT2D eigenvalue weighted by atomic mass is 15.3. The van der Waals surface area contributed by atoms with Crippen LogP contribution in [0.2, 0.25) is 0 Å². The molecule has 7 nitrogen and oxygen atoms in total. The Morgan fingerprint density at radius 3 is 2.48 bits per heavy atom. The SMILES string of the molecule is CCNC(=NCc1ccccc1-n1nc(C)cc1C)NCC(C)N1CCN(CC)CC1. The number of guanidine groups is 1. The van der Waals surface area contributed by atoms with Crippen LogP contribution >= 0.6 is 0 Å². The number of rotatable bonds is 8. The van der Waals surface area contributed by atoms with Crippen molar-refractivity contribution in [2.24, 2.45) is 4.99 Å². The fourth-order valence-electron chi connectivity index (χ4n) is 4.12. The third-order valence-corrected chi connectivity index (χ3v) is 6.02. The van der Waals surface area contributed by atoms with Crippen LogP contribution < -0.4 is 10.6 Å². The first-order valence-corrected chi connectivity index (χ1v) is 11.6. The predicted octanol–water partition coefficient (Wildman–Crippen LogP) is 2.57. The molecule has 170 valence electrons. The molecule has 0 amide bonds. The summed E-state index contributed by atoms with van der Waals surface area (Å²) in [5, 5.41) is 11.6. The van der Waals surface area contributed by atoms with Gasteiger partial charge in [-0.25, -0.2) is 9.67 Å². The first kappa shape index (κ1) is 23.3. The third kappa shape index (κ3) is 6.31. The number of aliphatic imine (C=N–C) groups is 1. The molecule has 2 N–H and O–H groups in total. The maximum Gasteiger partial charge on any atom is 0.191 e. The molecule has 3 rings (SSSR count). The second-order valence-corrected chi connectivity index (χ2v) is 8.36.